The summed E-state index contributed by atoms with van der Waals surface area (Å²) in [4.78, 5) is 12.3. The van der Waals surface area contributed by atoms with Crippen molar-refractivity contribution in [3.8, 4) is 5.75 Å². The molecule has 0 saturated heterocycles. The Morgan fingerprint density at radius 1 is 1.41 bits per heavy atom. The highest BCUT2D eigenvalue weighted by molar-refractivity contribution is 7.86. The van der Waals surface area contributed by atoms with Gasteiger partial charge in [-0.2, -0.15) is 8.42 Å². The first-order chi connectivity index (χ1) is 7.89. The molecule has 0 aromatic heterocycles. The van der Waals surface area contributed by atoms with Gasteiger partial charge in [0.15, 0.2) is 0 Å². The van der Waals surface area contributed by atoms with Gasteiger partial charge in [0.1, 0.15) is 10.6 Å². The number of hydrogen-bond acceptors (Lipinski definition) is 4. The smallest absolute Gasteiger partial charge is 0.332 e. The number of anilines is 1. The van der Waals surface area contributed by atoms with Crippen LogP contribution in [0.5, 0.6) is 5.75 Å². The second-order valence-corrected chi connectivity index (χ2v) is 4.97. The lowest BCUT2D eigenvalue weighted by Gasteiger charge is -2.16. The van der Waals surface area contributed by atoms with Crippen molar-refractivity contribution in [1.82, 2.24) is 0 Å². The highest BCUT2D eigenvalue weighted by atomic mass is 32.3. The molecular formula is C10H10FNO4S. The van der Waals surface area contributed by atoms with Crippen LogP contribution in [0, 0.1) is 0 Å². The molecule has 0 atom stereocenters. The standard InChI is InChI=1S/C10H10FNO4S/c1-12-8-6-7(17(11,14)15)2-3-9(8)16-5-4-10(12)13/h2-3,6H,4-5H2,1H3. The molecule has 1 aliphatic rings. The van der Waals surface area contributed by atoms with Gasteiger partial charge in [-0.15, -0.1) is 3.89 Å². The van der Waals surface area contributed by atoms with Crippen molar-refractivity contribution in [3.05, 3.63) is 18.2 Å². The molecule has 1 heterocycles. The van der Waals surface area contributed by atoms with Crippen molar-refractivity contribution >= 4 is 21.8 Å². The quantitative estimate of drug-likeness (QED) is 0.708. The predicted molar refractivity (Wildman–Crippen MR) is 58.3 cm³/mol. The summed E-state index contributed by atoms with van der Waals surface area (Å²) in [5.74, 6) is 0.155. The molecule has 1 aromatic carbocycles. The van der Waals surface area contributed by atoms with Gasteiger partial charge in [-0.05, 0) is 18.2 Å². The minimum absolute atomic E-state index is 0.197. The lowest BCUT2D eigenvalue weighted by atomic mass is 10.2. The summed E-state index contributed by atoms with van der Waals surface area (Å²) in [5.41, 5.74) is 0.256. The second-order valence-electron chi connectivity index (χ2n) is 3.62. The van der Waals surface area contributed by atoms with Gasteiger partial charge in [-0.25, -0.2) is 0 Å². The zero-order valence-electron chi connectivity index (χ0n) is 9.01. The van der Waals surface area contributed by atoms with Crippen LogP contribution >= 0.6 is 0 Å². The molecule has 1 aromatic rings. The van der Waals surface area contributed by atoms with Crippen molar-refractivity contribution in [2.45, 2.75) is 11.3 Å². The first-order valence-electron chi connectivity index (χ1n) is 4.87. The Bertz CT molecular complexity index is 570. The molecule has 17 heavy (non-hydrogen) atoms. The van der Waals surface area contributed by atoms with Crippen molar-refractivity contribution in [1.29, 1.82) is 0 Å². The number of nitrogens with zero attached hydrogens (tertiary/aromatic N) is 1. The van der Waals surface area contributed by atoms with Gasteiger partial charge in [-0.3, -0.25) is 4.79 Å². The Hall–Kier alpha value is -1.63. The van der Waals surface area contributed by atoms with Gasteiger partial charge >= 0.3 is 10.2 Å². The molecule has 2 rings (SSSR count). The van der Waals surface area contributed by atoms with Gasteiger partial charge in [-0.1, -0.05) is 0 Å². The summed E-state index contributed by atoms with van der Waals surface area (Å²) in [6.45, 7) is 0.220. The van der Waals surface area contributed by atoms with E-state index < -0.39 is 15.1 Å². The van der Waals surface area contributed by atoms with E-state index in [0.717, 1.165) is 12.1 Å². The number of halogens is 1. The van der Waals surface area contributed by atoms with E-state index in [-0.39, 0.29) is 24.6 Å². The highest BCUT2D eigenvalue weighted by Gasteiger charge is 2.22. The number of amides is 1. The van der Waals surface area contributed by atoms with Crippen LogP contribution in [0.25, 0.3) is 0 Å². The van der Waals surface area contributed by atoms with Crippen LogP contribution in [-0.4, -0.2) is 28.0 Å². The zero-order valence-corrected chi connectivity index (χ0v) is 9.83. The monoisotopic (exact) mass is 259 g/mol. The summed E-state index contributed by atoms with van der Waals surface area (Å²) >= 11 is 0. The molecule has 0 aliphatic carbocycles. The molecule has 0 radical (unpaired) electrons. The Kier molecular flexibility index (Phi) is 2.78. The summed E-state index contributed by atoms with van der Waals surface area (Å²) in [6, 6.07) is 3.54. The molecule has 1 amide bonds. The molecule has 0 N–H and O–H groups in total. The van der Waals surface area contributed by atoms with Gasteiger partial charge in [0.25, 0.3) is 0 Å². The first-order valence-corrected chi connectivity index (χ1v) is 6.26. The predicted octanol–water partition coefficient (Wildman–Crippen LogP) is 1.09. The van der Waals surface area contributed by atoms with E-state index in [1.165, 1.54) is 18.0 Å². The third-order valence-electron chi connectivity index (χ3n) is 2.52. The van der Waals surface area contributed by atoms with E-state index in [0.29, 0.717) is 5.75 Å². The lowest BCUT2D eigenvalue weighted by molar-refractivity contribution is -0.118. The second kappa shape index (κ2) is 3.99. The maximum atomic E-state index is 12.8. The number of ether oxygens (including phenoxy) is 1. The molecule has 0 unspecified atom stereocenters. The van der Waals surface area contributed by atoms with Gasteiger partial charge < -0.3 is 9.64 Å². The number of carbonyl (C=O) groups is 1. The third-order valence-corrected chi connectivity index (χ3v) is 3.34. The van der Waals surface area contributed by atoms with Gasteiger partial charge in [0, 0.05) is 7.05 Å². The molecule has 0 spiro atoms. The van der Waals surface area contributed by atoms with Crippen LogP contribution in [0.4, 0.5) is 9.57 Å². The number of fused-ring (bicyclic) bond motifs is 1. The molecular weight excluding hydrogens is 249 g/mol. The zero-order chi connectivity index (χ0) is 12.6. The lowest BCUT2D eigenvalue weighted by Crippen LogP contribution is -2.25. The fourth-order valence-electron chi connectivity index (χ4n) is 1.58. The van der Waals surface area contributed by atoms with E-state index in [2.05, 4.69) is 0 Å². The van der Waals surface area contributed by atoms with E-state index >= 15 is 0 Å². The van der Waals surface area contributed by atoms with Crippen LogP contribution < -0.4 is 9.64 Å². The number of hydrogen-bond donors (Lipinski definition) is 0. The maximum Gasteiger partial charge on any atom is 0.332 e. The molecule has 1 aliphatic heterocycles. The van der Waals surface area contributed by atoms with Crippen LogP contribution in [0.2, 0.25) is 0 Å². The number of carbonyl (C=O) groups excluding carboxylic acids is 1. The fraction of sp³-hybridized carbons (Fsp3) is 0.300. The van der Waals surface area contributed by atoms with Crippen LogP contribution in [0.3, 0.4) is 0 Å². The minimum atomic E-state index is -4.78. The van der Waals surface area contributed by atoms with E-state index in [9.17, 15) is 17.1 Å². The fourth-order valence-corrected chi connectivity index (χ4v) is 2.07. The highest BCUT2D eigenvalue weighted by Crippen LogP contribution is 2.33. The Balaban J connectivity index is 2.57. The molecule has 0 fully saturated rings. The largest absolute Gasteiger partial charge is 0.491 e. The summed E-state index contributed by atoms with van der Waals surface area (Å²) in [5, 5.41) is 0. The van der Waals surface area contributed by atoms with Crippen molar-refractivity contribution in [2.75, 3.05) is 18.6 Å². The Morgan fingerprint density at radius 3 is 2.76 bits per heavy atom. The van der Waals surface area contributed by atoms with E-state index in [1.807, 2.05) is 0 Å². The van der Waals surface area contributed by atoms with Gasteiger partial charge in [0.2, 0.25) is 5.91 Å². The Labute approximate surface area is 98.0 Å². The minimum Gasteiger partial charge on any atom is -0.491 e. The van der Waals surface area contributed by atoms with Crippen molar-refractivity contribution in [2.24, 2.45) is 0 Å². The van der Waals surface area contributed by atoms with Crippen LogP contribution in [0.15, 0.2) is 23.1 Å². The molecule has 92 valence electrons. The van der Waals surface area contributed by atoms with E-state index in [4.69, 9.17) is 4.74 Å². The maximum absolute atomic E-state index is 12.8. The number of rotatable bonds is 1. The molecule has 5 nitrogen and oxygen atoms in total. The summed E-state index contributed by atoms with van der Waals surface area (Å²) in [6.07, 6.45) is 0.197. The first kappa shape index (κ1) is 11.8. The average Bonchev–Trinajstić information content (AvgIpc) is 2.39. The van der Waals surface area contributed by atoms with Crippen molar-refractivity contribution < 1.29 is 21.8 Å². The number of benzene rings is 1. The topological polar surface area (TPSA) is 63.7 Å². The normalized spacial score (nSPS) is 16.1. The molecule has 0 saturated carbocycles. The van der Waals surface area contributed by atoms with E-state index in [1.54, 1.807) is 0 Å². The summed E-state index contributed by atoms with van der Waals surface area (Å²) < 4.78 is 39.7. The van der Waals surface area contributed by atoms with Gasteiger partial charge in [0.05, 0.1) is 18.7 Å². The molecule has 0 bridgehead atoms. The third kappa shape index (κ3) is 2.23. The van der Waals surface area contributed by atoms with Crippen LogP contribution in [-0.2, 0) is 15.0 Å². The van der Waals surface area contributed by atoms with Crippen LogP contribution in [0.1, 0.15) is 6.42 Å². The average molecular weight is 259 g/mol. The Morgan fingerprint density at radius 2 is 2.12 bits per heavy atom. The van der Waals surface area contributed by atoms with Crippen molar-refractivity contribution in [3.63, 3.8) is 0 Å². The summed E-state index contributed by atoms with van der Waals surface area (Å²) in [7, 11) is -3.29. The SMILES string of the molecule is CN1C(=O)CCOc2ccc(S(=O)(=O)F)cc21. The molecule has 7 heteroatoms.